The molecule has 0 aliphatic heterocycles. The predicted octanol–water partition coefficient (Wildman–Crippen LogP) is -2.60. The lowest BCUT2D eigenvalue weighted by Crippen LogP contribution is -2.60. The zero-order valence-corrected chi connectivity index (χ0v) is 8.51. The molecule has 0 rings (SSSR count). The second-order valence-corrected chi connectivity index (χ2v) is 4.38. The molecule has 0 aliphatic carbocycles. The van der Waals surface area contributed by atoms with Gasteiger partial charge < -0.3 is 10.8 Å². The minimum absolute atomic E-state index is 0.239. The first-order valence-corrected chi connectivity index (χ1v) is 4.16. The van der Waals surface area contributed by atoms with E-state index in [1.165, 1.54) is 0 Å². The molecular weight excluding hydrogens is 151 g/mol. The number of carbonyl (C=O) groups is 1. The van der Waals surface area contributed by atoms with Crippen LogP contribution in [0.3, 0.4) is 0 Å². The zero-order chi connectivity index (χ0) is 10.2. The van der Waals surface area contributed by atoms with Gasteiger partial charge in [-0.2, -0.15) is 0 Å². The van der Waals surface area contributed by atoms with Gasteiger partial charge in [0, 0.05) is 0 Å². The highest BCUT2D eigenvalue weighted by Gasteiger charge is 2.45. The number of hydrogen-bond acceptors (Lipinski definition) is 2. The SMILES string of the molecule is BC(B)(C(C)C)[C@](B)(N)C(=O)O. The molecule has 1 atom stereocenters. The van der Waals surface area contributed by atoms with E-state index in [1.807, 2.05) is 29.5 Å². The van der Waals surface area contributed by atoms with Crippen molar-refractivity contribution < 1.29 is 9.90 Å². The third-order valence-electron chi connectivity index (χ3n) is 3.23. The number of aliphatic carboxylic acids is 1. The van der Waals surface area contributed by atoms with Gasteiger partial charge in [0.25, 0.3) is 0 Å². The van der Waals surface area contributed by atoms with Crippen LogP contribution < -0.4 is 5.73 Å². The lowest BCUT2D eigenvalue weighted by Gasteiger charge is -2.41. The van der Waals surface area contributed by atoms with Crippen molar-refractivity contribution >= 4 is 29.5 Å². The number of carboxylic acids is 1. The smallest absolute Gasteiger partial charge is 0.313 e. The van der Waals surface area contributed by atoms with E-state index in [1.54, 1.807) is 7.85 Å². The standard InChI is InChI=1S/C6H16B3NO2/c1-3(2)5(7,8)6(9,10)4(11)12/h3H,7-10H2,1-2H3,(H,11,12)/t6-/m1/s1. The second kappa shape index (κ2) is 3.17. The van der Waals surface area contributed by atoms with Crippen molar-refractivity contribution in [3.8, 4) is 0 Å². The summed E-state index contributed by atoms with van der Waals surface area (Å²) >= 11 is 0. The van der Waals surface area contributed by atoms with Crippen LogP contribution in [0.15, 0.2) is 0 Å². The molecule has 0 saturated carbocycles. The topological polar surface area (TPSA) is 63.3 Å². The summed E-state index contributed by atoms with van der Waals surface area (Å²) < 4.78 is 0. The highest BCUT2D eigenvalue weighted by atomic mass is 16.4. The normalized spacial score (nSPS) is 17.3. The maximum absolute atomic E-state index is 10.8. The van der Waals surface area contributed by atoms with Gasteiger partial charge in [0.2, 0.25) is 0 Å². The molecule has 0 aliphatic rings. The lowest BCUT2D eigenvalue weighted by molar-refractivity contribution is -0.141. The summed E-state index contributed by atoms with van der Waals surface area (Å²) in [5.74, 6) is -0.704. The van der Waals surface area contributed by atoms with Gasteiger partial charge in [0.05, 0.1) is 5.44 Å². The first-order valence-electron chi connectivity index (χ1n) is 4.16. The van der Waals surface area contributed by atoms with Crippen molar-refractivity contribution in [2.24, 2.45) is 11.7 Å². The quantitative estimate of drug-likeness (QED) is 0.452. The summed E-state index contributed by atoms with van der Waals surface area (Å²) in [6.07, 6.45) is 0. The van der Waals surface area contributed by atoms with Crippen LogP contribution in [0, 0.1) is 5.92 Å². The summed E-state index contributed by atoms with van der Waals surface area (Å²) in [7, 11) is 5.33. The molecular formula is C6H16B3NO2. The van der Waals surface area contributed by atoms with Gasteiger partial charge in [-0.3, -0.25) is 4.79 Å². The van der Waals surface area contributed by atoms with Crippen LogP contribution in [0.2, 0.25) is 5.21 Å². The molecule has 3 N–H and O–H groups in total. The maximum Gasteiger partial charge on any atom is 0.313 e. The molecule has 0 aromatic heterocycles. The minimum atomic E-state index is -1.17. The Morgan fingerprint density at radius 1 is 1.42 bits per heavy atom. The Morgan fingerprint density at radius 3 is 1.83 bits per heavy atom. The summed E-state index contributed by atoms with van der Waals surface area (Å²) in [6, 6.07) is 0. The van der Waals surface area contributed by atoms with E-state index < -0.39 is 16.6 Å². The molecule has 0 fully saturated rings. The van der Waals surface area contributed by atoms with E-state index in [9.17, 15) is 4.79 Å². The largest absolute Gasteiger partial charge is 0.480 e. The van der Waals surface area contributed by atoms with Crippen molar-refractivity contribution in [1.29, 1.82) is 0 Å². The Morgan fingerprint density at radius 2 is 1.75 bits per heavy atom. The van der Waals surface area contributed by atoms with Crippen molar-refractivity contribution in [2.75, 3.05) is 0 Å². The van der Waals surface area contributed by atoms with Gasteiger partial charge in [0.15, 0.2) is 0 Å². The maximum atomic E-state index is 10.8. The second-order valence-electron chi connectivity index (χ2n) is 4.38. The number of hydrogen-bond donors (Lipinski definition) is 2. The Balaban J connectivity index is 4.88. The summed E-state index contributed by atoms with van der Waals surface area (Å²) in [5, 5.41) is 8.50. The van der Waals surface area contributed by atoms with Gasteiger partial charge in [0.1, 0.15) is 23.5 Å². The van der Waals surface area contributed by atoms with Crippen LogP contribution in [0.25, 0.3) is 0 Å². The van der Waals surface area contributed by atoms with Crippen LogP contribution in [0.4, 0.5) is 0 Å². The van der Waals surface area contributed by atoms with E-state index in [0.717, 1.165) is 0 Å². The van der Waals surface area contributed by atoms with Gasteiger partial charge in [-0.15, -0.1) is 0 Å². The van der Waals surface area contributed by atoms with Crippen LogP contribution >= 0.6 is 0 Å². The molecule has 0 heterocycles. The Hall–Kier alpha value is -0.375. The van der Waals surface area contributed by atoms with Crippen LogP contribution in [-0.2, 0) is 4.79 Å². The first-order chi connectivity index (χ1) is 5.14. The molecule has 0 unspecified atom stereocenters. The summed E-state index contributed by atoms with van der Waals surface area (Å²) in [5.41, 5.74) is 4.57. The summed E-state index contributed by atoms with van der Waals surface area (Å²) in [4.78, 5) is 10.8. The van der Waals surface area contributed by atoms with E-state index in [4.69, 9.17) is 10.8 Å². The number of nitrogens with two attached hydrogens (primary N) is 1. The molecule has 12 heavy (non-hydrogen) atoms. The van der Waals surface area contributed by atoms with Crippen molar-refractivity contribution in [3.63, 3.8) is 0 Å². The fourth-order valence-electron chi connectivity index (χ4n) is 0.875. The fraction of sp³-hybridized carbons (Fsp3) is 0.833. The molecule has 0 aromatic rings. The molecule has 6 heteroatoms. The fourth-order valence-corrected chi connectivity index (χ4v) is 0.875. The molecule has 66 valence electrons. The lowest BCUT2D eigenvalue weighted by atomic mass is 9.36. The van der Waals surface area contributed by atoms with Gasteiger partial charge in [-0.05, 0) is 0 Å². The van der Waals surface area contributed by atoms with Gasteiger partial charge in [-0.25, -0.2) is 0 Å². The van der Waals surface area contributed by atoms with Crippen LogP contribution in [-0.4, -0.2) is 40.1 Å². The number of rotatable bonds is 3. The molecule has 0 bridgehead atoms. The van der Waals surface area contributed by atoms with E-state index >= 15 is 0 Å². The van der Waals surface area contributed by atoms with Gasteiger partial charge in [-0.1, -0.05) is 25.0 Å². The van der Waals surface area contributed by atoms with Gasteiger partial charge >= 0.3 is 5.97 Å². The molecule has 0 saturated heterocycles. The Kier molecular flexibility index (Phi) is 3.07. The van der Waals surface area contributed by atoms with Crippen LogP contribution in [0.1, 0.15) is 13.8 Å². The monoisotopic (exact) mass is 167 g/mol. The molecule has 0 radical (unpaired) electrons. The average Bonchev–Trinajstić information content (AvgIpc) is 1.86. The molecule has 0 aromatic carbocycles. The highest BCUT2D eigenvalue weighted by Crippen LogP contribution is 2.36. The van der Waals surface area contributed by atoms with Crippen molar-refractivity contribution in [1.82, 2.24) is 0 Å². The summed E-state index contributed by atoms with van der Waals surface area (Å²) in [6.45, 7) is 3.96. The van der Waals surface area contributed by atoms with E-state index in [-0.39, 0.29) is 5.92 Å². The third-order valence-corrected chi connectivity index (χ3v) is 3.23. The Bertz CT molecular complexity index is 191. The van der Waals surface area contributed by atoms with Crippen LogP contribution in [0.5, 0.6) is 0 Å². The van der Waals surface area contributed by atoms with E-state index in [0.29, 0.717) is 0 Å². The minimum Gasteiger partial charge on any atom is -0.480 e. The number of carboxylic acid groups (broad SMARTS) is 1. The Labute approximate surface area is 76.3 Å². The van der Waals surface area contributed by atoms with E-state index in [2.05, 4.69) is 0 Å². The molecule has 0 amide bonds. The van der Waals surface area contributed by atoms with Crippen molar-refractivity contribution in [3.05, 3.63) is 0 Å². The van der Waals surface area contributed by atoms with Crippen molar-refractivity contribution in [2.45, 2.75) is 24.5 Å². The third kappa shape index (κ3) is 1.68. The highest BCUT2D eigenvalue weighted by molar-refractivity contribution is 6.49. The zero-order valence-electron chi connectivity index (χ0n) is 8.51. The average molecular weight is 167 g/mol. The molecule has 3 nitrogen and oxygen atoms in total. The predicted molar refractivity (Wildman–Crippen MR) is 57.7 cm³/mol. The molecule has 0 spiro atoms. The first kappa shape index (κ1) is 11.6.